The average molecular weight is 418 g/mol. The van der Waals surface area contributed by atoms with Crippen LogP contribution in [0.4, 0.5) is 18.3 Å². The van der Waals surface area contributed by atoms with Crippen LogP contribution < -0.4 is 21.1 Å². The molecular weight excluding hydrogens is 397 g/mol. The minimum Gasteiger partial charge on any atom is -0.406 e. The number of anilines is 1. The molecule has 154 valence electrons. The number of fused-ring (bicyclic) bond motifs is 1. The van der Waals surface area contributed by atoms with Crippen LogP contribution in [0.1, 0.15) is 26.7 Å². The molecule has 4 N–H and O–H groups in total. The van der Waals surface area contributed by atoms with Crippen LogP contribution in [-0.2, 0) is 9.59 Å². The van der Waals surface area contributed by atoms with Crippen LogP contribution in [0.25, 0.3) is 10.2 Å². The first-order valence-corrected chi connectivity index (χ1v) is 9.36. The topological polar surface area (TPSA) is 106 Å². The molecule has 7 nitrogen and oxygen atoms in total. The number of ether oxygens (including phenoxy) is 1. The summed E-state index contributed by atoms with van der Waals surface area (Å²) in [4.78, 5) is 27.8. The van der Waals surface area contributed by atoms with E-state index >= 15 is 0 Å². The average Bonchev–Trinajstić information content (AvgIpc) is 2.97. The summed E-state index contributed by atoms with van der Waals surface area (Å²) in [6.07, 6.45) is -4.21. The summed E-state index contributed by atoms with van der Waals surface area (Å²) in [5.41, 5.74) is 6.16. The second kappa shape index (κ2) is 9.20. The van der Waals surface area contributed by atoms with Gasteiger partial charge in [-0.05, 0) is 24.5 Å². The zero-order valence-corrected chi connectivity index (χ0v) is 16.1. The van der Waals surface area contributed by atoms with Gasteiger partial charge in [-0.15, -0.1) is 13.2 Å². The largest absolute Gasteiger partial charge is 0.573 e. The van der Waals surface area contributed by atoms with Crippen molar-refractivity contribution in [2.45, 2.75) is 39.1 Å². The Bertz CT molecular complexity index is 839. The van der Waals surface area contributed by atoms with E-state index in [0.29, 0.717) is 23.2 Å². The number of aromatic nitrogens is 1. The molecule has 11 heteroatoms. The maximum Gasteiger partial charge on any atom is 0.573 e. The van der Waals surface area contributed by atoms with Crippen molar-refractivity contribution in [2.75, 3.05) is 11.9 Å². The summed E-state index contributed by atoms with van der Waals surface area (Å²) in [6.45, 7) is 3.99. The van der Waals surface area contributed by atoms with Crippen LogP contribution in [0.5, 0.6) is 5.75 Å². The van der Waals surface area contributed by atoms with Crippen molar-refractivity contribution in [3.8, 4) is 5.75 Å². The monoisotopic (exact) mass is 418 g/mol. The molecule has 1 heterocycles. The van der Waals surface area contributed by atoms with E-state index in [0.717, 1.165) is 17.4 Å². The van der Waals surface area contributed by atoms with Crippen molar-refractivity contribution in [3.63, 3.8) is 0 Å². The van der Waals surface area contributed by atoms with Crippen LogP contribution in [0, 0.1) is 5.92 Å². The molecule has 2 amide bonds. The number of thiazole rings is 1. The highest BCUT2D eigenvalue weighted by Gasteiger charge is 2.31. The molecule has 2 rings (SSSR count). The molecule has 2 aromatic rings. The van der Waals surface area contributed by atoms with Gasteiger partial charge in [-0.1, -0.05) is 25.2 Å². The van der Waals surface area contributed by atoms with Gasteiger partial charge in [0, 0.05) is 19.0 Å². The molecule has 0 aliphatic carbocycles. The molecule has 1 atom stereocenters. The molecule has 0 unspecified atom stereocenters. The fourth-order valence-corrected chi connectivity index (χ4v) is 3.13. The van der Waals surface area contributed by atoms with E-state index in [1.54, 1.807) is 0 Å². The quantitative estimate of drug-likeness (QED) is 0.572. The number of rotatable bonds is 8. The maximum absolute atomic E-state index is 12.3. The standard InChI is InChI=1S/C17H21F3N4O3S/c1-9(2)14(21)15(26)22-7-3-4-13(25)24-16-23-11-6-5-10(8-12(11)28-16)27-17(18,19)20/h5-6,8-9,14H,3-4,7,21H2,1-2H3,(H,22,26)(H,23,24,25)/t14-/m1/s1. The fourth-order valence-electron chi connectivity index (χ4n) is 2.22. The SMILES string of the molecule is CC(C)[C@@H](N)C(=O)NCCCC(=O)Nc1nc2ccc(OC(F)(F)F)cc2s1. The molecular formula is C17H21F3N4O3S. The molecule has 28 heavy (non-hydrogen) atoms. The number of halogens is 3. The second-order valence-corrected chi connectivity index (χ2v) is 7.44. The fraction of sp³-hybridized carbons (Fsp3) is 0.471. The summed E-state index contributed by atoms with van der Waals surface area (Å²) in [5, 5.41) is 5.54. The minimum absolute atomic E-state index is 0.0179. The van der Waals surface area contributed by atoms with Gasteiger partial charge in [0.15, 0.2) is 5.13 Å². The summed E-state index contributed by atoms with van der Waals surface area (Å²) in [7, 11) is 0. The minimum atomic E-state index is -4.77. The summed E-state index contributed by atoms with van der Waals surface area (Å²) < 4.78 is 41.1. The third-order valence-corrected chi connectivity index (χ3v) is 4.67. The van der Waals surface area contributed by atoms with Crippen molar-refractivity contribution in [2.24, 2.45) is 11.7 Å². The lowest BCUT2D eigenvalue weighted by atomic mass is 10.1. The predicted octanol–water partition coefficient (Wildman–Crippen LogP) is 3.01. The first-order valence-electron chi connectivity index (χ1n) is 8.54. The normalized spacial score (nSPS) is 12.8. The highest BCUT2D eigenvalue weighted by atomic mass is 32.1. The third-order valence-electron chi connectivity index (χ3n) is 3.74. The molecule has 0 radical (unpaired) electrons. The van der Waals surface area contributed by atoms with E-state index in [-0.39, 0.29) is 35.0 Å². The van der Waals surface area contributed by atoms with Gasteiger partial charge in [0.05, 0.1) is 16.3 Å². The zero-order chi connectivity index (χ0) is 20.9. The van der Waals surface area contributed by atoms with E-state index in [1.165, 1.54) is 12.1 Å². The summed E-state index contributed by atoms with van der Waals surface area (Å²) in [5.74, 6) is -0.909. The number of nitrogens with two attached hydrogens (primary N) is 1. The second-order valence-electron chi connectivity index (χ2n) is 6.41. The van der Waals surface area contributed by atoms with Crippen molar-refractivity contribution in [1.82, 2.24) is 10.3 Å². The Labute approximate surface area is 163 Å². The van der Waals surface area contributed by atoms with Gasteiger partial charge in [-0.2, -0.15) is 0 Å². The Morgan fingerprint density at radius 2 is 2.04 bits per heavy atom. The molecule has 0 saturated carbocycles. The first-order chi connectivity index (χ1) is 13.0. The third kappa shape index (κ3) is 6.64. The van der Waals surface area contributed by atoms with Gasteiger partial charge >= 0.3 is 6.36 Å². The lowest BCUT2D eigenvalue weighted by Gasteiger charge is -2.15. The van der Waals surface area contributed by atoms with Gasteiger partial charge in [-0.25, -0.2) is 4.98 Å². The summed E-state index contributed by atoms with van der Waals surface area (Å²) >= 11 is 1.04. The van der Waals surface area contributed by atoms with Crippen molar-refractivity contribution >= 4 is 38.5 Å². The number of amides is 2. The lowest BCUT2D eigenvalue weighted by Crippen LogP contribution is -2.44. The number of hydrogen-bond acceptors (Lipinski definition) is 6. The number of benzene rings is 1. The molecule has 1 aromatic heterocycles. The maximum atomic E-state index is 12.3. The Morgan fingerprint density at radius 3 is 2.68 bits per heavy atom. The van der Waals surface area contributed by atoms with Crippen LogP contribution >= 0.6 is 11.3 Å². The smallest absolute Gasteiger partial charge is 0.406 e. The number of nitrogens with zero attached hydrogens (tertiary/aromatic N) is 1. The highest BCUT2D eigenvalue weighted by molar-refractivity contribution is 7.22. The van der Waals surface area contributed by atoms with Gasteiger partial charge < -0.3 is 21.1 Å². The Hall–Kier alpha value is -2.40. The number of alkyl halides is 3. The van der Waals surface area contributed by atoms with Crippen LogP contribution in [0.2, 0.25) is 0 Å². The van der Waals surface area contributed by atoms with E-state index in [1.807, 2.05) is 13.8 Å². The van der Waals surface area contributed by atoms with Gasteiger partial charge in [-0.3, -0.25) is 9.59 Å². The number of carbonyl (C=O) groups is 2. The molecule has 0 aliphatic rings. The first kappa shape index (κ1) is 21.9. The molecule has 0 aliphatic heterocycles. The van der Waals surface area contributed by atoms with Crippen LogP contribution in [0.3, 0.4) is 0 Å². The molecule has 0 spiro atoms. The number of hydrogen-bond donors (Lipinski definition) is 3. The highest BCUT2D eigenvalue weighted by Crippen LogP contribution is 2.31. The predicted molar refractivity (Wildman–Crippen MR) is 100.0 cm³/mol. The van der Waals surface area contributed by atoms with Crippen molar-refractivity contribution in [3.05, 3.63) is 18.2 Å². The number of carbonyl (C=O) groups excluding carboxylic acids is 2. The molecule has 1 aromatic carbocycles. The number of nitrogens with one attached hydrogen (secondary N) is 2. The van der Waals surface area contributed by atoms with Gasteiger partial charge in [0.1, 0.15) is 5.75 Å². The Kier molecular flexibility index (Phi) is 7.19. The molecule has 0 saturated heterocycles. The lowest BCUT2D eigenvalue weighted by molar-refractivity contribution is -0.274. The zero-order valence-electron chi connectivity index (χ0n) is 15.3. The van der Waals surface area contributed by atoms with Gasteiger partial charge in [0.25, 0.3) is 0 Å². The van der Waals surface area contributed by atoms with E-state index in [2.05, 4.69) is 20.4 Å². The van der Waals surface area contributed by atoms with Gasteiger partial charge in [0.2, 0.25) is 11.8 Å². The van der Waals surface area contributed by atoms with E-state index in [4.69, 9.17) is 5.73 Å². The molecule has 0 bridgehead atoms. The summed E-state index contributed by atoms with van der Waals surface area (Å²) in [6, 6.07) is 3.16. The van der Waals surface area contributed by atoms with Crippen molar-refractivity contribution < 1.29 is 27.5 Å². The van der Waals surface area contributed by atoms with Crippen LogP contribution in [-0.4, -0.2) is 35.7 Å². The molecule has 0 fully saturated rings. The Morgan fingerprint density at radius 1 is 1.32 bits per heavy atom. The van der Waals surface area contributed by atoms with Crippen molar-refractivity contribution in [1.29, 1.82) is 0 Å². The van der Waals surface area contributed by atoms with Crippen LogP contribution in [0.15, 0.2) is 18.2 Å². The van der Waals surface area contributed by atoms with E-state index < -0.39 is 12.4 Å². The Balaban J connectivity index is 1.83. The van der Waals surface area contributed by atoms with E-state index in [9.17, 15) is 22.8 Å².